The lowest BCUT2D eigenvalue weighted by Crippen LogP contribution is -2.14. The number of hydrogen-bond acceptors (Lipinski definition) is 1. The highest BCUT2D eigenvalue weighted by molar-refractivity contribution is 6.30. The minimum absolute atomic E-state index is 0.143. The van der Waals surface area contributed by atoms with E-state index in [0.29, 0.717) is 6.07 Å². The van der Waals surface area contributed by atoms with Gasteiger partial charge in [-0.1, -0.05) is 17.7 Å². The highest BCUT2D eigenvalue weighted by atomic mass is 35.5. The molecule has 0 aliphatic rings. The summed E-state index contributed by atoms with van der Waals surface area (Å²) in [7, 11) is 0. The summed E-state index contributed by atoms with van der Waals surface area (Å²) in [5.74, 6) is -1.62. The fourth-order valence-corrected chi connectivity index (χ4v) is 1.78. The summed E-state index contributed by atoms with van der Waals surface area (Å²) < 4.78 is 51.2. The van der Waals surface area contributed by atoms with Gasteiger partial charge in [-0.15, -0.1) is 0 Å². The molecule has 21 heavy (non-hydrogen) atoms. The van der Waals surface area contributed by atoms with Crippen LogP contribution in [-0.4, -0.2) is 5.91 Å². The van der Waals surface area contributed by atoms with Crippen molar-refractivity contribution in [3.8, 4) is 0 Å². The highest BCUT2D eigenvalue weighted by Crippen LogP contribution is 2.29. The van der Waals surface area contributed by atoms with Gasteiger partial charge in [0.15, 0.2) is 0 Å². The van der Waals surface area contributed by atoms with Crippen molar-refractivity contribution >= 4 is 23.2 Å². The lowest BCUT2D eigenvalue weighted by atomic mass is 10.1. The predicted octanol–water partition coefficient (Wildman–Crippen LogP) is 4.75. The lowest BCUT2D eigenvalue weighted by Gasteiger charge is -2.10. The van der Waals surface area contributed by atoms with E-state index >= 15 is 0 Å². The molecule has 0 fully saturated rings. The number of carbonyl (C=O) groups excluding carboxylic acids is 1. The standard InChI is InChI=1S/C14H8ClF4NO/c15-10-4-5-12(11(16)7-10)20-13(21)8-2-1-3-9(6-8)14(17,18)19/h1-7H,(H,20,21). The van der Waals surface area contributed by atoms with Gasteiger partial charge in [0.1, 0.15) is 5.82 Å². The highest BCUT2D eigenvalue weighted by Gasteiger charge is 2.30. The van der Waals surface area contributed by atoms with Gasteiger partial charge in [0, 0.05) is 10.6 Å². The zero-order chi connectivity index (χ0) is 15.6. The Labute approximate surface area is 122 Å². The first kappa shape index (κ1) is 15.3. The van der Waals surface area contributed by atoms with Crippen molar-refractivity contribution in [3.05, 3.63) is 64.4 Å². The van der Waals surface area contributed by atoms with E-state index in [2.05, 4.69) is 5.32 Å². The Hall–Kier alpha value is -2.08. The van der Waals surface area contributed by atoms with Gasteiger partial charge < -0.3 is 5.32 Å². The van der Waals surface area contributed by atoms with Crippen molar-refractivity contribution < 1.29 is 22.4 Å². The summed E-state index contributed by atoms with van der Waals surface area (Å²) in [5.41, 5.74) is -1.34. The van der Waals surface area contributed by atoms with E-state index in [4.69, 9.17) is 11.6 Å². The van der Waals surface area contributed by atoms with Crippen LogP contribution in [-0.2, 0) is 6.18 Å². The summed E-state index contributed by atoms with van der Waals surface area (Å²) in [6.07, 6.45) is -4.55. The Balaban J connectivity index is 2.25. The molecule has 0 saturated carbocycles. The first-order valence-corrected chi connectivity index (χ1v) is 6.09. The molecule has 0 spiro atoms. The maximum Gasteiger partial charge on any atom is 0.416 e. The number of rotatable bonds is 2. The van der Waals surface area contributed by atoms with Crippen LogP contribution >= 0.6 is 11.6 Å². The number of nitrogens with one attached hydrogen (secondary N) is 1. The van der Waals surface area contributed by atoms with Gasteiger partial charge in [0.2, 0.25) is 0 Å². The predicted molar refractivity (Wildman–Crippen MR) is 70.8 cm³/mol. The number of amides is 1. The average Bonchev–Trinajstić information content (AvgIpc) is 2.41. The van der Waals surface area contributed by atoms with Crippen LogP contribution < -0.4 is 5.32 Å². The summed E-state index contributed by atoms with van der Waals surface area (Å²) in [6, 6.07) is 7.43. The van der Waals surface area contributed by atoms with Gasteiger partial charge in [0.05, 0.1) is 11.3 Å². The van der Waals surface area contributed by atoms with Crippen LogP contribution in [0.25, 0.3) is 0 Å². The fourth-order valence-electron chi connectivity index (χ4n) is 1.62. The number of hydrogen-bond donors (Lipinski definition) is 1. The number of anilines is 1. The maximum absolute atomic E-state index is 13.5. The van der Waals surface area contributed by atoms with E-state index in [9.17, 15) is 22.4 Å². The Morgan fingerprint density at radius 2 is 1.81 bits per heavy atom. The monoisotopic (exact) mass is 317 g/mol. The molecule has 0 aliphatic heterocycles. The van der Waals surface area contributed by atoms with Crippen LogP contribution in [0.3, 0.4) is 0 Å². The van der Waals surface area contributed by atoms with Crippen molar-refractivity contribution in [2.45, 2.75) is 6.18 Å². The van der Waals surface area contributed by atoms with Crippen molar-refractivity contribution in [2.24, 2.45) is 0 Å². The molecule has 0 aliphatic carbocycles. The van der Waals surface area contributed by atoms with Gasteiger partial charge >= 0.3 is 6.18 Å². The van der Waals surface area contributed by atoms with Gasteiger partial charge in [-0.2, -0.15) is 13.2 Å². The first-order valence-electron chi connectivity index (χ1n) is 5.71. The molecule has 2 aromatic carbocycles. The van der Waals surface area contributed by atoms with E-state index in [1.165, 1.54) is 18.2 Å². The summed E-state index contributed by atoms with van der Waals surface area (Å²) in [6.45, 7) is 0. The Morgan fingerprint density at radius 1 is 1.10 bits per heavy atom. The second kappa shape index (κ2) is 5.73. The molecule has 0 unspecified atom stereocenters. The van der Waals surface area contributed by atoms with Crippen molar-refractivity contribution in [1.82, 2.24) is 0 Å². The van der Waals surface area contributed by atoms with Gasteiger partial charge in [-0.25, -0.2) is 4.39 Å². The number of carbonyl (C=O) groups is 1. The van der Waals surface area contributed by atoms with E-state index in [1.807, 2.05) is 0 Å². The third-order valence-corrected chi connectivity index (χ3v) is 2.87. The van der Waals surface area contributed by atoms with E-state index in [1.54, 1.807) is 0 Å². The van der Waals surface area contributed by atoms with Gasteiger partial charge in [-0.05, 0) is 36.4 Å². The van der Waals surface area contributed by atoms with Crippen LogP contribution in [0.2, 0.25) is 5.02 Å². The lowest BCUT2D eigenvalue weighted by molar-refractivity contribution is -0.137. The van der Waals surface area contributed by atoms with E-state index in [0.717, 1.165) is 18.2 Å². The quantitative estimate of drug-likeness (QED) is 0.796. The molecule has 0 bridgehead atoms. The number of benzene rings is 2. The van der Waals surface area contributed by atoms with E-state index < -0.39 is 23.5 Å². The Morgan fingerprint density at radius 3 is 2.43 bits per heavy atom. The molecular weight excluding hydrogens is 310 g/mol. The molecule has 7 heteroatoms. The summed E-state index contributed by atoms with van der Waals surface area (Å²) in [4.78, 5) is 11.9. The molecular formula is C14H8ClF4NO. The largest absolute Gasteiger partial charge is 0.416 e. The minimum atomic E-state index is -4.55. The third-order valence-electron chi connectivity index (χ3n) is 2.63. The van der Waals surface area contributed by atoms with Crippen molar-refractivity contribution in [2.75, 3.05) is 5.32 Å². The maximum atomic E-state index is 13.5. The second-order valence-corrected chi connectivity index (χ2v) is 4.59. The van der Waals surface area contributed by atoms with Gasteiger partial charge in [0.25, 0.3) is 5.91 Å². The zero-order valence-corrected chi connectivity index (χ0v) is 11.1. The summed E-state index contributed by atoms with van der Waals surface area (Å²) >= 11 is 5.56. The van der Waals surface area contributed by atoms with Crippen LogP contribution in [0.1, 0.15) is 15.9 Å². The molecule has 2 aromatic rings. The molecule has 110 valence electrons. The molecule has 2 nitrogen and oxygen atoms in total. The van der Waals surface area contributed by atoms with Crippen LogP contribution in [0.4, 0.5) is 23.2 Å². The topological polar surface area (TPSA) is 29.1 Å². The molecule has 0 atom stereocenters. The molecule has 2 rings (SSSR count). The summed E-state index contributed by atoms with van der Waals surface area (Å²) in [5, 5.41) is 2.34. The molecule has 1 amide bonds. The smallest absolute Gasteiger partial charge is 0.319 e. The average molecular weight is 318 g/mol. The SMILES string of the molecule is O=C(Nc1ccc(Cl)cc1F)c1cccc(C(F)(F)F)c1. The van der Waals surface area contributed by atoms with Crippen molar-refractivity contribution in [1.29, 1.82) is 0 Å². The Bertz CT molecular complexity index is 685. The van der Waals surface area contributed by atoms with Crippen LogP contribution in [0.5, 0.6) is 0 Å². The molecule has 0 heterocycles. The molecule has 0 saturated heterocycles. The molecule has 0 aromatic heterocycles. The van der Waals surface area contributed by atoms with E-state index in [-0.39, 0.29) is 16.3 Å². The normalized spacial score (nSPS) is 11.3. The van der Waals surface area contributed by atoms with Crippen LogP contribution in [0, 0.1) is 5.82 Å². The number of halogens is 5. The number of alkyl halides is 3. The Kier molecular flexibility index (Phi) is 4.18. The van der Waals surface area contributed by atoms with Crippen molar-refractivity contribution in [3.63, 3.8) is 0 Å². The van der Waals surface area contributed by atoms with Crippen LogP contribution in [0.15, 0.2) is 42.5 Å². The fraction of sp³-hybridized carbons (Fsp3) is 0.0714. The van der Waals surface area contributed by atoms with Gasteiger partial charge in [-0.3, -0.25) is 4.79 Å². The third kappa shape index (κ3) is 3.72. The minimum Gasteiger partial charge on any atom is -0.319 e. The molecule has 0 radical (unpaired) electrons. The first-order chi connectivity index (χ1) is 9.77. The second-order valence-electron chi connectivity index (χ2n) is 4.16. The molecule has 1 N–H and O–H groups in total. The zero-order valence-electron chi connectivity index (χ0n) is 10.3.